The lowest BCUT2D eigenvalue weighted by molar-refractivity contribution is -0.0521. The fraction of sp³-hybridized carbons (Fsp3) is 0.318. The molecule has 10 heteroatoms. The minimum Gasteiger partial charge on any atom is -0.392 e. The van der Waals surface area contributed by atoms with Crippen molar-refractivity contribution in [3.63, 3.8) is 0 Å². The van der Waals surface area contributed by atoms with Crippen molar-refractivity contribution < 1.29 is 18.8 Å². The third-order valence-electron chi connectivity index (χ3n) is 5.43. The molecule has 0 aliphatic carbocycles. The van der Waals surface area contributed by atoms with Crippen LogP contribution in [0.2, 0.25) is 5.02 Å². The van der Waals surface area contributed by atoms with Gasteiger partial charge < -0.3 is 25.1 Å². The van der Waals surface area contributed by atoms with Gasteiger partial charge in [-0.3, -0.25) is 0 Å². The summed E-state index contributed by atoms with van der Waals surface area (Å²) in [7, 11) is 0. The summed E-state index contributed by atoms with van der Waals surface area (Å²) in [4.78, 5) is 19.8. The highest BCUT2D eigenvalue weighted by atomic mass is 35.5. The van der Waals surface area contributed by atoms with Crippen molar-refractivity contribution in [1.82, 2.24) is 10.2 Å². The number of anilines is 1. The summed E-state index contributed by atoms with van der Waals surface area (Å²) < 4.78 is 18.4. The molecule has 0 unspecified atom stereocenters. The number of hydrogen-bond acceptors (Lipinski definition) is 5. The lowest BCUT2D eigenvalue weighted by Gasteiger charge is -2.38. The molecular formula is C22H22ClFN4O3S. The number of nitrogens with zero attached hydrogens (tertiary/aromatic N) is 2. The maximum absolute atomic E-state index is 13.1. The second kappa shape index (κ2) is 9.70. The van der Waals surface area contributed by atoms with E-state index in [2.05, 4.69) is 15.8 Å². The van der Waals surface area contributed by atoms with Gasteiger partial charge in [-0.15, -0.1) is 0 Å². The van der Waals surface area contributed by atoms with Crippen molar-refractivity contribution in [3.05, 3.63) is 64.9 Å². The number of ether oxygens (including phenoxy) is 1. The number of rotatable bonds is 3. The van der Waals surface area contributed by atoms with Crippen LogP contribution in [-0.4, -0.2) is 40.7 Å². The second-order valence-corrected chi connectivity index (χ2v) is 8.55. The Hall–Kier alpha value is -2.91. The number of benzene rings is 2. The number of likely N-dealkylation sites (tertiary alicyclic amines) is 1. The lowest BCUT2D eigenvalue weighted by atomic mass is 9.88. The fourth-order valence-electron chi connectivity index (χ4n) is 3.58. The van der Waals surface area contributed by atoms with E-state index in [1.54, 1.807) is 24.3 Å². The van der Waals surface area contributed by atoms with Gasteiger partial charge in [0.2, 0.25) is 5.90 Å². The largest absolute Gasteiger partial charge is 0.414 e. The van der Waals surface area contributed by atoms with Gasteiger partial charge in [-0.2, -0.15) is 0 Å². The second-order valence-electron chi connectivity index (χ2n) is 7.73. The summed E-state index contributed by atoms with van der Waals surface area (Å²) in [5.41, 5.74) is 1.15. The summed E-state index contributed by atoms with van der Waals surface area (Å²) in [5.74, 6) is -0.0319. The highest BCUT2D eigenvalue weighted by Crippen LogP contribution is 2.35. The number of carbonyl (C=O) groups excluding carboxylic acids is 1. The summed E-state index contributed by atoms with van der Waals surface area (Å²) in [6, 6.07) is 13.2. The number of nitrogens with one attached hydrogen (secondary N) is 2. The molecule has 0 aromatic heterocycles. The van der Waals surface area contributed by atoms with Gasteiger partial charge in [-0.25, -0.2) is 9.18 Å². The Morgan fingerprint density at radius 1 is 1.19 bits per heavy atom. The number of amides is 1. The summed E-state index contributed by atoms with van der Waals surface area (Å²) >= 11 is 11.3. The highest BCUT2D eigenvalue weighted by molar-refractivity contribution is 7.80. The third kappa shape index (κ3) is 5.66. The first-order chi connectivity index (χ1) is 15.4. The van der Waals surface area contributed by atoms with E-state index in [9.17, 15) is 9.18 Å². The predicted molar refractivity (Wildman–Crippen MR) is 124 cm³/mol. The zero-order valence-corrected chi connectivity index (χ0v) is 18.7. The SMILES string of the molecule is O=C(NCc1ccc(Cl)cc1)OC1=NOC2(CCN(C(=S)Nc3ccc(F)cc3)CC2)C1. The van der Waals surface area contributed by atoms with Crippen LogP contribution in [0.1, 0.15) is 24.8 Å². The molecule has 2 N–H and O–H groups in total. The maximum atomic E-state index is 13.1. The Labute approximate surface area is 195 Å². The Kier molecular flexibility index (Phi) is 6.76. The van der Waals surface area contributed by atoms with Gasteiger partial charge in [0, 0.05) is 43.2 Å². The van der Waals surface area contributed by atoms with E-state index in [0.717, 1.165) is 11.3 Å². The molecule has 0 atom stereocenters. The first-order valence-electron chi connectivity index (χ1n) is 10.2. The smallest absolute Gasteiger partial charge is 0.392 e. The summed E-state index contributed by atoms with van der Waals surface area (Å²) in [5, 5.41) is 11.0. The van der Waals surface area contributed by atoms with Gasteiger partial charge in [0.1, 0.15) is 11.4 Å². The van der Waals surface area contributed by atoms with E-state index in [4.69, 9.17) is 33.4 Å². The van der Waals surface area contributed by atoms with Gasteiger partial charge in [-0.1, -0.05) is 28.9 Å². The predicted octanol–water partition coefficient (Wildman–Crippen LogP) is 4.67. The molecule has 0 bridgehead atoms. The molecule has 4 rings (SSSR count). The average Bonchev–Trinajstić information content (AvgIpc) is 3.17. The van der Waals surface area contributed by atoms with Crippen molar-refractivity contribution >= 4 is 46.6 Å². The Bertz CT molecular complexity index is 1010. The topological polar surface area (TPSA) is 75.2 Å². The van der Waals surface area contributed by atoms with Crippen LogP contribution in [0.15, 0.2) is 53.7 Å². The number of oxime groups is 1. The number of carbonyl (C=O) groups is 1. The molecule has 7 nitrogen and oxygen atoms in total. The zero-order valence-electron chi connectivity index (χ0n) is 17.1. The molecule has 1 amide bonds. The molecule has 2 aliphatic heterocycles. The van der Waals surface area contributed by atoms with Crippen LogP contribution in [0.3, 0.4) is 0 Å². The quantitative estimate of drug-likeness (QED) is 0.627. The lowest BCUT2D eigenvalue weighted by Crippen LogP contribution is -2.48. The average molecular weight is 477 g/mol. The van der Waals surface area contributed by atoms with E-state index in [-0.39, 0.29) is 11.7 Å². The van der Waals surface area contributed by atoms with Gasteiger partial charge in [0.15, 0.2) is 5.11 Å². The van der Waals surface area contributed by atoms with Crippen molar-refractivity contribution in [1.29, 1.82) is 0 Å². The van der Waals surface area contributed by atoms with Crippen LogP contribution in [0.25, 0.3) is 0 Å². The number of hydrogen-bond donors (Lipinski definition) is 2. The molecule has 2 aliphatic rings. The normalized spacial score (nSPS) is 16.8. The van der Waals surface area contributed by atoms with Gasteiger partial charge >= 0.3 is 6.09 Å². The summed E-state index contributed by atoms with van der Waals surface area (Å²) in [6.45, 7) is 1.65. The van der Waals surface area contributed by atoms with Crippen LogP contribution in [0.5, 0.6) is 0 Å². The van der Waals surface area contributed by atoms with E-state index >= 15 is 0 Å². The van der Waals surface area contributed by atoms with E-state index in [1.807, 2.05) is 17.0 Å². The summed E-state index contributed by atoms with van der Waals surface area (Å²) in [6.07, 6.45) is 1.21. The molecule has 2 aromatic carbocycles. The van der Waals surface area contributed by atoms with Gasteiger partial charge in [-0.05, 0) is 54.2 Å². The number of piperidine rings is 1. The number of alkyl carbamates (subject to hydrolysis) is 1. The van der Waals surface area contributed by atoms with E-state index in [0.29, 0.717) is 49.0 Å². The number of halogens is 2. The van der Waals surface area contributed by atoms with Crippen LogP contribution in [-0.2, 0) is 16.1 Å². The fourth-order valence-corrected chi connectivity index (χ4v) is 4.01. The van der Waals surface area contributed by atoms with E-state index in [1.165, 1.54) is 12.1 Å². The Balaban J connectivity index is 1.21. The number of thiocarbonyl (C=S) groups is 1. The van der Waals surface area contributed by atoms with Crippen molar-refractivity contribution in [2.75, 3.05) is 18.4 Å². The molecule has 2 aromatic rings. The van der Waals surface area contributed by atoms with Crippen molar-refractivity contribution in [2.45, 2.75) is 31.4 Å². The van der Waals surface area contributed by atoms with Gasteiger partial charge in [0.05, 0.1) is 6.42 Å². The Morgan fingerprint density at radius 2 is 1.88 bits per heavy atom. The van der Waals surface area contributed by atoms with Crippen LogP contribution in [0.4, 0.5) is 14.9 Å². The minimum atomic E-state index is -0.582. The molecule has 168 valence electrons. The first-order valence-corrected chi connectivity index (χ1v) is 11.0. The first kappa shape index (κ1) is 22.3. The van der Waals surface area contributed by atoms with Gasteiger partial charge in [0.25, 0.3) is 0 Å². The molecule has 0 radical (unpaired) electrons. The van der Waals surface area contributed by atoms with Crippen LogP contribution < -0.4 is 10.6 Å². The van der Waals surface area contributed by atoms with E-state index < -0.39 is 11.7 Å². The molecule has 1 saturated heterocycles. The standard InChI is InChI=1S/C22H22ClFN4O3S/c23-16-3-1-15(2-4-16)14-25-21(29)30-19-13-22(31-27-19)9-11-28(12-10-22)20(32)26-18-7-5-17(24)6-8-18/h1-8H,9-14H2,(H,25,29)(H,26,32). The molecule has 2 heterocycles. The monoisotopic (exact) mass is 476 g/mol. The Morgan fingerprint density at radius 3 is 2.56 bits per heavy atom. The maximum Gasteiger partial charge on any atom is 0.414 e. The molecule has 1 fully saturated rings. The van der Waals surface area contributed by atoms with Crippen LogP contribution in [0, 0.1) is 5.82 Å². The highest BCUT2D eigenvalue weighted by Gasteiger charge is 2.43. The zero-order chi connectivity index (χ0) is 22.6. The molecule has 1 spiro atoms. The third-order valence-corrected chi connectivity index (χ3v) is 6.04. The van der Waals surface area contributed by atoms with Crippen LogP contribution >= 0.6 is 23.8 Å². The van der Waals surface area contributed by atoms with Crippen molar-refractivity contribution in [2.24, 2.45) is 5.16 Å². The molecule has 32 heavy (non-hydrogen) atoms. The minimum absolute atomic E-state index is 0.263. The molecular weight excluding hydrogens is 455 g/mol. The molecule has 0 saturated carbocycles. The van der Waals surface area contributed by atoms with Crippen molar-refractivity contribution in [3.8, 4) is 0 Å².